The molecule has 1 amide bonds. The van der Waals surface area contributed by atoms with Gasteiger partial charge in [0.05, 0.1) is 7.11 Å². The van der Waals surface area contributed by atoms with Crippen LogP contribution in [0.1, 0.15) is 31.2 Å². The largest absolute Gasteiger partial charge is 0.493 e. The highest BCUT2D eigenvalue weighted by atomic mass is 16.6. The van der Waals surface area contributed by atoms with Crippen LogP contribution < -0.4 is 25.3 Å². The Balaban J connectivity index is 1.68. The number of nitrogens with two attached hydrogens (primary N) is 1. The number of nitrogens with one attached hydrogen (secondary N) is 1. The number of likely N-dealkylation sites (tertiary alicyclic amines) is 1. The van der Waals surface area contributed by atoms with Crippen LogP contribution in [0.2, 0.25) is 0 Å². The zero-order valence-electron chi connectivity index (χ0n) is 15.5. The molecule has 1 atom stereocenters. The highest BCUT2D eigenvalue weighted by molar-refractivity contribution is 5.76. The van der Waals surface area contributed by atoms with Crippen LogP contribution >= 0.6 is 0 Å². The van der Waals surface area contributed by atoms with Gasteiger partial charge in [-0.3, -0.25) is 9.69 Å². The average Bonchev–Trinajstić information content (AvgIpc) is 2.67. The maximum absolute atomic E-state index is 11.7. The third kappa shape index (κ3) is 4.59. The minimum absolute atomic E-state index is 0.0269. The van der Waals surface area contributed by atoms with E-state index in [1.165, 1.54) is 12.8 Å². The third-order valence-electron chi connectivity index (χ3n) is 4.93. The summed E-state index contributed by atoms with van der Waals surface area (Å²) in [4.78, 5) is 14.2. The van der Waals surface area contributed by atoms with E-state index >= 15 is 0 Å². The fraction of sp³-hybridized carbons (Fsp3) is 0.632. The second-order valence-electron chi connectivity index (χ2n) is 6.79. The van der Waals surface area contributed by atoms with Gasteiger partial charge >= 0.3 is 0 Å². The normalized spacial score (nSPS) is 19.8. The van der Waals surface area contributed by atoms with Gasteiger partial charge < -0.3 is 25.3 Å². The fourth-order valence-corrected chi connectivity index (χ4v) is 3.60. The fourth-order valence-electron chi connectivity index (χ4n) is 3.60. The Bertz CT molecular complexity index is 606. The average molecular weight is 363 g/mol. The van der Waals surface area contributed by atoms with Gasteiger partial charge in [0, 0.05) is 32.1 Å². The molecule has 2 aliphatic heterocycles. The van der Waals surface area contributed by atoms with Crippen molar-refractivity contribution in [3.8, 4) is 17.2 Å². The Hall–Kier alpha value is -1.99. The second kappa shape index (κ2) is 9.09. The maximum Gasteiger partial charge on any atom is 0.221 e. The van der Waals surface area contributed by atoms with Gasteiger partial charge in [-0.25, -0.2) is 0 Å². The van der Waals surface area contributed by atoms with Gasteiger partial charge in [-0.2, -0.15) is 0 Å². The van der Waals surface area contributed by atoms with Crippen molar-refractivity contribution in [3.05, 3.63) is 17.7 Å². The minimum Gasteiger partial charge on any atom is -0.493 e. The Labute approximate surface area is 154 Å². The maximum atomic E-state index is 11.7. The van der Waals surface area contributed by atoms with Crippen molar-refractivity contribution in [2.75, 3.05) is 40.0 Å². The van der Waals surface area contributed by atoms with Gasteiger partial charge in [-0.15, -0.1) is 0 Å². The Morgan fingerprint density at radius 2 is 2.19 bits per heavy atom. The summed E-state index contributed by atoms with van der Waals surface area (Å²) >= 11 is 0. The molecule has 1 saturated heterocycles. The molecule has 0 aromatic heterocycles. The van der Waals surface area contributed by atoms with Gasteiger partial charge in [-0.1, -0.05) is 6.42 Å². The number of hydrogen-bond acceptors (Lipinski definition) is 6. The molecule has 3 rings (SSSR count). The molecule has 26 heavy (non-hydrogen) atoms. The van der Waals surface area contributed by atoms with Crippen LogP contribution in [-0.4, -0.2) is 56.8 Å². The van der Waals surface area contributed by atoms with Crippen molar-refractivity contribution in [2.45, 2.75) is 38.3 Å². The highest BCUT2D eigenvalue weighted by Crippen LogP contribution is 2.40. The molecule has 2 heterocycles. The molecular weight excluding hydrogens is 334 g/mol. The molecule has 2 aliphatic rings. The van der Waals surface area contributed by atoms with Crippen LogP contribution in [0.5, 0.6) is 17.2 Å². The van der Waals surface area contributed by atoms with E-state index in [0.717, 1.165) is 30.8 Å². The molecule has 144 valence electrons. The number of carbonyl (C=O) groups is 1. The number of nitrogens with zero attached hydrogens (tertiary/aromatic N) is 1. The number of amides is 1. The molecule has 1 aromatic carbocycles. The number of ether oxygens (including phenoxy) is 3. The molecule has 0 bridgehead atoms. The lowest BCUT2D eigenvalue weighted by atomic mass is 10.0. The first-order chi connectivity index (χ1) is 12.7. The van der Waals surface area contributed by atoms with Crippen LogP contribution in [-0.2, 0) is 11.3 Å². The van der Waals surface area contributed by atoms with Gasteiger partial charge in [-0.05, 0) is 37.1 Å². The summed E-state index contributed by atoms with van der Waals surface area (Å²) in [7, 11) is 1.65. The number of methoxy groups -OCH3 is 1. The summed E-state index contributed by atoms with van der Waals surface area (Å²) in [5.74, 6) is 2.17. The van der Waals surface area contributed by atoms with Gasteiger partial charge in [0.25, 0.3) is 0 Å². The first-order valence-corrected chi connectivity index (χ1v) is 9.38. The quantitative estimate of drug-likeness (QED) is 0.759. The lowest BCUT2D eigenvalue weighted by Crippen LogP contribution is -2.46. The zero-order chi connectivity index (χ0) is 18.4. The number of carbonyl (C=O) groups excluding carboxylic acids is 1. The van der Waals surface area contributed by atoms with Gasteiger partial charge in [0.15, 0.2) is 11.5 Å². The van der Waals surface area contributed by atoms with E-state index in [1.54, 1.807) is 7.11 Å². The van der Waals surface area contributed by atoms with Crippen molar-refractivity contribution in [2.24, 2.45) is 5.73 Å². The summed E-state index contributed by atoms with van der Waals surface area (Å²) in [6.45, 7) is 3.97. The van der Waals surface area contributed by atoms with Gasteiger partial charge in [0.2, 0.25) is 11.7 Å². The van der Waals surface area contributed by atoms with E-state index in [0.29, 0.717) is 50.3 Å². The molecule has 0 radical (unpaired) electrons. The van der Waals surface area contributed by atoms with Crippen molar-refractivity contribution in [1.82, 2.24) is 10.2 Å². The summed E-state index contributed by atoms with van der Waals surface area (Å²) in [6.07, 6.45) is 3.84. The van der Waals surface area contributed by atoms with Crippen LogP contribution in [0.25, 0.3) is 0 Å². The molecule has 0 saturated carbocycles. The topological polar surface area (TPSA) is 86.1 Å². The highest BCUT2D eigenvalue weighted by Gasteiger charge is 2.25. The van der Waals surface area contributed by atoms with Crippen LogP contribution in [0.4, 0.5) is 0 Å². The minimum atomic E-state index is 0.0269. The van der Waals surface area contributed by atoms with Crippen molar-refractivity contribution in [1.29, 1.82) is 0 Å². The van der Waals surface area contributed by atoms with Crippen molar-refractivity contribution >= 4 is 5.91 Å². The number of rotatable bonds is 7. The van der Waals surface area contributed by atoms with E-state index in [9.17, 15) is 4.79 Å². The summed E-state index contributed by atoms with van der Waals surface area (Å²) in [6, 6.07) is 4.40. The first kappa shape index (κ1) is 18.8. The SMILES string of the molecule is COc1cc(CN2CCCCC2CNC(=O)CCN)cc2c1OCCO2. The van der Waals surface area contributed by atoms with E-state index in [4.69, 9.17) is 19.9 Å². The van der Waals surface area contributed by atoms with Crippen LogP contribution in [0.15, 0.2) is 12.1 Å². The predicted molar refractivity (Wildman–Crippen MR) is 98.7 cm³/mol. The summed E-state index contributed by atoms with van der Waals surface area (Å²) < 4.78 is 16.9. The number of fused-ring (bicyclic) bond motifs is 1. The molecule has 3 N–H and O–H groups in total. The number of hydrogen-bond donors (Lipinski definition) is 2. The van der Waals surface area contributed by atoms with Gasteiger partial charge in [0.1, 0.15) is 13.2 Å². The zero-order valence-corrected chi connectivity index (χ0v) is 15.5. The van der Waals surface area contributed by atoms with E-state index in [2.05, 4.69) is 10.2 Å². The van der Waals surface area contributed by atoms with Crippen LogP contribution in [0.3, 0.4) is 0 Å². The first-order valence-electron chi connectivity index (χ1n) is 9.38. The summed E-state index contributed by atoms with van der Waals surface area (Å²) in [5.41, 5.74) is 6.58. The lowest BCUT2D eigenvalue weighted by Gasteiger charge is -2.36. The molecule has 1 fully saturated rings. The van der Waals surface area contributed by atoms with E-state index < -0.39 is 0 Å². The van der Waals surface area contributed by atoms with E-state index in [1.807, 2.05) is 12.1 Å². The third-order valence-corrected chi connectivity index (χ3v) is 4.93. The second-order valence-corrected chi connectivity index (χ2v) is 6.79. The monoisotopic (exact) mass is 363 g/mol. The molecule has 0 aliphatic carbocycles. The molecule has 7 nitrogen and oxygen atoms in total. The Morgan fingerprint density at radius 1 is 1.35 bits per heavy atom. The Morgan fingerprint density at radius 3 is 3.00 bits per heavy atom. The molecule has 0 spiro atoms. The Kier molecular flexibility index (Phi) is 6.57. The standard InChI is InChI=1S/C19H29N3O4/c1-24-16-10-14(11-17-19(16)26-9-8-25-17)13-22-7-3-2-4-15(22)12-21-18(23)5-6-20/h10-11,15H,2-9,12-13,20H2,1H3,(H,21,23). The predicted octanol–water partition coefficient (Wildman–Crippen LogP) is 1.29. The number of benzene rings is 1. The van der Waals surface area contributed by atoms with E-state index in [-0.39, 0.29) is 5.91 Å². The molecule has 1 aromatic rings. The number of piperidine rings is 1. The van der Waals surface area contributed by atoms with Crippen molar-refractivity contribution in [3.63, 3.8) is 0 Å². The lowest BCUT2D eigenvalue weighted by molar-refractivity contribution is -0.121. The van der Waals surface area contributed by atoms with Crippen LogP contribution in [0, 0.1) is 0 Å². The molecular formula is C19H29N3O4. The summed E-state index contributed by atoms with van der Waals surface area (Å²) in [5, 5.41) is 3.01. The molecule has 1 unspecified atom stereocenters. The smallest absolute Gasteiger partial charge is 0.221 e. The van der Waals surface area contributed by atoms with Crippen molar-refractivity contribution < 1.29 is 19.0 Å². The molecule has 7 heteroatoms.